The Kier molecular flexibility index (Phi) is 5.33. The van der Waals surface area contributed by atoms with Crippen LogP contribution in [0, 0.1) is 12.7 Å². The molecular formula is C27H27FN2O7. The van der Waals surface area contributed by atoms with Gasteiger partial charge in [0.2, 0.25) is 0 Å². The standard InChI is InChI=1S/C27H27FN2O7/c1-3-27(35)17-8-20-23-15(10-30(20)24(32)16(17)11-37-25(27)33)22-21-14(13(2)18(28)9-19(21)29-23)4-5-26(22,34)12-36-7-6-31/h8-9,31,34-35H,3-7,10-12H2,1-2H3/t26-,27-/m0/s1. The average Bonchev–Trinajstić information content (AvgIpc) is 3.24. The van der Waals surface area contributed by atoms with Crippen LogP contribution in [0.3, 0.4) is 0 Å². The summed E-state index contributed by atoms with van der Waals surface area (Å²) in [6, 6.07) is 2.92. The highest BCUT2D eigenvalue weighted by molar-refractivity contribution is 5.93. The summed E-state index contributed by atoms with van der Waals surface area (Å²) in [6.07, 6.45) is 0.693. The number of hydrogen-bond donors (Lipinski definition) is 3. The predicted molar refractivity (Wildman–Crippen MR) is 129 cm³/mol. The Bertz CT molecular complexity index is 1570. The lowest BCUT2D eigenvalue weighted by Gasteiger charge is -2.36. The van der Waals surface area contributed by atoms with Crippen LogP contribution in [0.1, 0.15) is 53.1 Å². The van der Waals surface area contributed by atoms with Gasteiger partial charge in [0.15, 0.2) is 5.60 Å². The first-order valence-electron chi connectivity index (χ1n) is 12.4. The van der Waals surface area contributed by atoms with Crippen LogP contribution < -0.4 is 5.56 Å². The van der Waals surface area contributed by atoms with Gasteiger partial charge in [0.1, 0.15) is 18.0 Å². The zero-order valence-electron chi connectivity index (χ0n) is 20.6. The lowest BCUT2D eigenvalue weighted by Crippen LogP contribution is -2.44. The monoisotopic (exact) mass is 510 g/mol. The van der Waals surface area contributed by atoms with Crippen LogP contribution in [-0.2, 0) is 45.0 Å². The third-order valence-corrected chi connectivity index (χ3v) is 8.13. The van der Waals surface area contributed by atoms with Crippen LogP contribution in [0.2, 0.25) is 0 Å². The lowest BCUT2D eigenvalue weighted by atomic mass is 9.75. The second-order valence-corrected chi connectivity index (χ2v) is 10.1. The number of carbonyl (C=O) groups is 1. The van der Waals surface area contributed by atoms with Crippen molar-refractivity contribution in [1.82, 2.24) is 9.55 Å². The largest absolute Gasteiger partial charge is 0.458 e. The van der Waals surface area contributed by atoms with E-state index in [4.69, 9.17) is 14.5 Å². The van der Waals surface area contributed by atoms with Gasteiger partial charge in [-0.2, -0.15) is 0 Å². The molecule has 0 saturated carbocycles. The molecule has 10 heteroatoms. The maximum Gasteiger partial charge on any atom is 0.343 e. The first-order chi connectivity index (χ1) is 17.6. The number of cyclic esters (lactones) is 1. The maximum atomic E-state index is 14.9. The van der Waals surface area contributed by atoms with Crippen molar-refractivity contribution in [2.24, 2.45) is 0 Å². The molecule has 0 spiro atoms. The average molecular weight is 511 g/mol. The maximum absolute atomic E-state index is 14.9. The fourth-order valence-corrected chi connectivity index (χ4v) is 6.12. The molecule has 0 amide bonds. The molecule has 0 fully saturated rings. The zero-order valence-corrected chi connectivity index (χ0v) is 20.6. The zero-order chi connectivity index (χ0) is 26.3. The highest BCUT2D eigenvalue weighted by Gasteiger charge is 2.47. The van der Waals surface area contributed by atoms with Crippen molar-refractivity contribution >= 4 is 16.9 Å². The molecule has 0 radical (unpaired) electrons. The Morgan fingerprint density at radius 3 is 2.73 bits per heavy atom. The van der Waals surface area contributed by atoms with Gasteiger partial charge in [0.05, 0.1) is 48.8 Å². The molecular weight excluding hydrogens is 483 g/mol. The molecule has 1 aromatic carbocycles. The van der Waals surface area contributed by atoms with Gasteiger partial charge in [0.25, 0.3) is 5.56 Å². The van der Waals surface area contributed by atoms with Crippen molar-refractivity contribution in [1.29, 1.82) is 0 Å². The summed E-state index contributed by atoms with van der Waals surface area (Å²) in [6.45, 7) is 2.94. The smallest absolute Gasteiger partial charge is 0.343 e. The van der Waals surface area contributed by atoms with Gasteiger partial charge in [-0.15, -0.1) is 0 Å². The van der Waals surface area contributed by atoms with Crippen LogP contribution in [0.4, 0.5) is 4.39 Å². The van der Waals surface area contributed by atoms with E-state index in [0.29, 0.717) is 45.4 Å². The molecule has 3 aliphatic rings. The van der Waals surface area contributed by atoms with Crippen LogP contribution in [0.25, 0.3) is 22.3 Å². The Hall–Kier alpha value is -3.18. The molecule has 9 nitrogen and oxygen atoms in total. The first-order valence-corrected chi connectivity index (χ1v) is 12.4. The van der Waals surface area contributed by atoms with Gasteiger partial charge in [-0.05, 0) is 43.4 Å². The SMILES string of the molecule is CC[C@@]1(O)C(=O)OCc2c1cc1n(c2=O)Cc2c-1nc1cc(F)c(C)c3c1c2[C@@](O)(COCCO)CC3. The molecule has 194 valence electrons. The number of pyridine rings is 2. The van der Waals surface area contributed by atoms with Gasteiger partial charge in [-0.3, -0.25) is 4.79 Å². The summed E-state index contributed by atoms with van der Waals surface area (Å²) >= 11 is 0. The van der Waals surface area contributed by atoms with Crippen molar-refractivity contribution < 1.29 is 34.0 Å². The normalized spacial score (nSPS) is 23.6. The summed E-state index contributed by atoms with van der Waals surface area (Å²) in [5.41, 5.74) is 0.0469. The van der Waals surface area contributed by atoms with Crippen LogP contribution in [0.5, 0.6) is 0 Å². The van der Waals surface area contributed by atoms with E-state index in [1.807, 2.05) is 0 Å². The molecule has 2 atom stereocenters. The lowest BCUT2D eigenvalue weighted by molar-refractivity contribution is -0.172. The Balaban J connectivity index is 1.66. The minimum Gasteiger partial charge on any atom is -0.458 e. The highest BCUT2D eigenvalue weighted by Crippen LogP contribution is 2.48. The molecule has 37 heavy (non-hydrogen) atoms. The van der Waals surface area contributed by atoms with E-state index in [1.165, 1.54) is 10.6 Å². The summed E-state index contributed by atoms with van der Waals surface area (Å²) < 4.78 is 27.1. The minimum absolute atomic E-state index is 0.0147. The van der Waals surface area contributed by atoms with Crippen LogP contribution in [-0.4, -0.2) is 50.7 Å². The second-order valence-electron chi connectivity index (χ2n) is 10.1. The van der Waals surface area contributed by atoms with Gasteiger partial charge in [-0.1, -0.05) is 6.92 Å². The number of hydrogen-bond acceptors (Lipinski definition) is 8. The van der Waals surface area contributed by atoms with E-state index in [0.717, 1.165) is 5.56 Å². The van der Waals surface area contributed by atoms with Gasteiger partial charge < -0.3 is 29.4 Å². The number of ether oxygens (including phenoxy) is 2. The first kappa shape index (κ1) is 24.2. The predicted octanol–water partition coefficient (Wildman–Crippen LogP) is 1.67. The fourth-order valence-electron chi connectivity index (χ4n) is 6.12. The second kappa shape index (κ2) is 8.16. The van der Waals surface area contributed by atoms with Crippen molar-refractivity contribution in [2.75, 3.05) is 19.8 Å². The molecule has 6 rings (SSSR count). The molecule has 2 aliphatic heterocycles. The molecule has 0 saturated heterocycles. The number of aromatic nitrogens is 2. The number of aryl methyl sites for hydroxylation is 1. The van der Waals surface area contributed by atoms with Crippen LogP contribution in [0.15, 0.2) is 16.9 Å². The van der Waals surface area contributed by atoms with Crippen molar-refractivity contribution in [3.05, 3.63) is 61.7 Å². The number of halogens is 1. The van der Waals surface area contributed by atoms with Crippen molar-refractivity contribution in [2.45, 2.75) is 57.5 Å². The third-order valence-electron chi connectivity index (χ3n) is 8.13. The summed E-state index contributed by atoms with van der Waals surface area (Å²) in [4.78, 5) is 30.8. The van der Waals surface area contributed by atoms with E-state index in [2.05, 4.69) is 0 Å². The molecule has 2 aromatic heterocycles. The molecule has 3 aromatic rings. The molecule has 1 aliphatic carbocycles. The fraction of sp³-hybridized carbons (Fsp3) is 0.444. The number of rotatable bonds is 5. The van der Waals surface area contributed by atoms with E-state index in [1.54, 1.807) is 19.9 Å². The number of carbonyl (C=O) groups excluding carboxylic acids is 1. The highest BCUT2D eigenvalue weighted by atomic mass is 19.1. The van der Waals surface area contributed by atoms with E-state index >= 15 is 0 Å². The van der Waals surface area contributed by atoms with Gasteiger partial charge in [0, 0.05) is 28.1 Å². The van der Waals surface area contributed by atoms with Crippen LogP contribution >= 0.6 is 0 Å². The third kappa shape index (κ3) is 3.19. The van der Waals surface area contributed by atoms with E-state index in [-0.39, 0.29) is 56.9 Å². The molecule has 3 N–H and O–H groups in total. The van der Waals surface area contributed by atoms with Crippen molar-refractivity contribution in [3.8, 4) is 11.4 Å². The number of fused-ring (bicyclic) bond motifs is 5. The molecule has 4 heterocycles. The Morgan fingerprint density at radius 1 is 1.22 bits per heavy atom. The van der Waals surface area contributed by atoms with Gasteiger partial charge in [-0.25, -0.2) is 14.2 Å². The summed E-state index contributed by atoms with van der Waals surface area (Å²) in [5, 5.41) is 32.8. The Morgan fingerprint density at radius 2 is 2.00 bits per heavy atom. The molecule has 0 unspecified atom stereocenters. The minimum atomic E-state index is -1.97. The summed E-state index contributed by atoms with van der Waals surface area (Å²) in [7, 11) is 0. The quantitative estimate of drug-likeness (QED) is 0.273. The summed E-state index contributed by atoms with van der Waals surface area (Å²) in [5.74, 6) is -1.23. The Labute approximate surface area is 211 Å². The number of esters is 1. The molecule has 0 bridgehead atoms. The van der Waals surface area contributed by atoms with E-state index < -0.39 is 28.5 Å². The van der Waals surface area contributed by atoms with Gasteiger partial charge >= 0.3 is 5.97 Å². The number of aliphatic hydroxyl groups is 3. The van der Waals surface area contributed by atoms with E-state index in [9.17, 15) is 29.3 Å². The number of benzene rings is 1. The number of nitrogens with zero attached hydrogens (tertiary/aromatic N) is 2. The van der Waals surface area contributed by atoms with Crippen molar-refractivity contribution in [3.63, 3.8) is 0 Å². The number of aliphatic hydroxyl groups excluding tert-OH is 1. The topological polar surface area (TPSA) is 131 Å².